The minimum absolute atomic E-state index is 0.127. The molecule has 0 spiro atoms. The standard InChI is InChI=1S/C20H28N4O3/c1-20(2,3)27-18(26)5-4-6-23-7-9-24(10-8-23)16-11-17-15(14-25)12-21-19(17)22-13-16/h11-14H,4-10H2,1-3H3,(H,21,22). The third-order valence-corrected chi connectivity index (χ3v) is 4.69. The molecule has 1 saturated heterocycles. The molecule has 1 aliphatic heterocycles. The van der Waals surface area contributed by atoms with Gasteiger partial charge in [-0.25, -0.2) is 4.98 Å². The van der Waals surface area contributed by atoms with Gasteiger partial charge >= 0.3 is 5.97 Å². The maximum absolute atomic E-state index is 11.8. The number of fused-ring (bicyclic) bond motifs is 1. The molecule has 27 heavy (non-hydrogen) atoms. The number of ether oxygens (including phenoxy) is 1. The van der Waals surface area contributed by atoms with Gasteiger partial charge in [0.25, 0.3) is 0 Å². The van der Waals surface area contributed by atoms with Crippen LogP contribution in [0, 0.1) is 0 Å². The molecule has 7 nitrogen and oxygen atoms in total. The van der Waals surface area contributed by atoms with Crippen molar-refractivity contribution < 1.29 is 14.3 Å². The van der Waals surface area contributed by atoms with Crippen molar-refractivity contribution in [1.29, 1.82) is 0 Å². The summed E-state index contributed by atoms with van der Waals surface area (Å²) >= 11 is 0. The molecule has 3 rings (SSSR count). The molecular weight excluding hydrogens is 344 g/mol. The second kappa shape index (κ2) is 8.08. The number of aldehydes is 1. The number of esters is 1. The Balaban J connectivity index is 1.48. The fraction of sp³-hybridized carbons (Fsp3) is 0.550. The molecule has 1 aliphatic rings. The number of pyridine rings is 1. The number of anilines is 1. The molecular formula is C20H28N4O3. The number of carbonyl (C=O) groups is 2. The molecule has 0 unspecified atom stereocenters. The first-order chi connectivity index (χ1) is 12.9. The maximum atomic E-state index is 11.8. The second-order valence-corrected chi connectivity index (χ2v) is 7.97. The lowest BCUT2D eigenvalue weighted by Gasteiger charge is -2.36. The second-order valence-electron chi connectivity index (χ2n) is 7.97. The van der Waals surface area contributed by atoms with Crippen LogP contribution >= 0.6 is 0 Å². The number of aromatic nitrogens is 2. The number of nitrogens with one attached hydrogen (secondary N) is 1. The number of hydrogen-bond acceptors (Lipinski definition) is 6. The summed E-state index contributed by atoms with van der Waals surface area (Å²) < 4.78 is 5.35. The van der Waals surface area contributed by atoms with E-state index < -0.39 is 5.60 Å². The Morgan fingerprint density at radius 3 is 2.70 bits per heavy atom. The third-order valence-electron chi connectivity index (χ3n) is 4.69. The summed E-state index contributed by atoms with van der Waals surface area (Å²) in [5.74, 6) is -0.127. The average molecular weight is 372 g/mol. The molecule has 7 heteroatoms. The molecule has 1 fully saturated rings. The Kier molecular flexibility index (Phi) is 5.79. The highest BCUT2D eigenvalue weighted by atomic mass is 16.6. The lowest BCUT2D eigenvalue weighted by Crippen LogP contribution is -2.46. The SMILES string of the molecule is CC(C)(C)OC(=O)CCCN1CCN(c2cnc3[nH]cc(C=O)c3c2)CC1. The van der Waals surface area contributed by atoms with E-state index in [1.807, 2.05) is 33.0 Å². The molecule has 3 heterocycles. The number of nitrogens with zero attached hydrogens (tertiary/aromatic N) is 3. The highest BCUT2D eigenvalue weighted by Gasteiger charge is 2.20. The quantitative estimate of drug-likeness (QED) is 0.620. The summed E-state index contributed by atoms with van der Waals surface area (Å²) in [7, 11) is 0. The van der Waals surface area contributed by atoms with Crippen molar-refractivity contribution in [2.75, 3.05) is 37.6 Å². The van der Waals surface area contributed by atoms with Gasteiger partial charge in [-0.05, 0) is 39.8 Å². The van der Waals surface area contributed by atoms with Crippen LogP contribution in [0.15, 0.2) is 18.5 Å². The van der Waals surface area contributed by atoms with E-state index in [4.69, 9.17) is 4.74 Å². The predicted octanol–water partition coefficient (Wildman–Crippen LogP) is 2.62. The molecule has 0 amide bonds. The number of carbonyl (C=O) groups excluding carboxylic acids is 2. The summed E-state index contributed by atoms with van der Waals surface area (Å²) in [6.07, 6.45) is 5.67. The van der Waals surface area contributed by atoms with Crippen molar-refractivity contribution in [3.8, 4) is 0 Å². The van der Waals surface area contributed by atoms with Crippen molar-refractivity contribution in [3.63, 3.8) is 0 Å². The lowest BCUT2D eigenvalue weighted by atomic mass is 10.2. The van der Waals surface area contributed by atoms with Crippen molar-refractivity contribution in [1.82, 2.24) is 14.9 Å². The zero-order valence-electron chi connectivity index (χ0n) is 16.3. The molecule has 0 aromatic carbocycles. The summed E-state index contributed by atoms with van der Waals surface area (Å²) in [5.41, 5.74) is 2.00. The molecule has 0 bridgehead atoms. The van der Waals surface area contributed by atoms with Crippen LogP contribution in [0.3, 0.4) is 0 Å². The Morgan fingerprint density at radius 1 is 1.30 bits per heavy atom. The summed E-state index contributed by atoms with van der Waals surface area (Å²) in [6.45, 7) is 10.3. The van der Waals surface area contributed by atoms with Gasteiger partial charge in [-0.2, -0.15) is 0 Å². The fourth-order valence-corrected chi connectivity index (χ4v) is 3.35. The van der Waals surface area contributed by atoms with E-state index in [9.17, 15) is 9.59 Å². The zero-order valence-corrected chi connectivity index (χ0v) is 16.3. The smallest absolute Gasteiger partial charge is 0.306 e. The zero-order chi connectivity index (χ0) is 19.4. The minimum atomic E-state index is -0.416. The van der Waals surface area contributed by atoms with Crippen LogP contribution in [0.2, 0.25) is 0 Å². The Labute approximate surface area is 159 Å². The Morgan fingerprint density at radius 2 is 2.04 bits per heavy atom. The van der Waals surface area contributed by atoms with Crippen LogP contribution in [0.4, 0.5) is 5.69 Å². The normalized spacial score (nSPS) is 15.9. The number of aromatic amines is 1. The number of H-pyrrole nitrogens is 1. The maximum Gasteiger partial charge on any atom is 0.306 e. The van der Waals surface area contributed by atoms with Crippen molar-refractivity contribution in [2.24, 2.45) is 0 Å². The number of rotatable bonds is 6. The number of piperazine rings is 1. The summed E-state index contributed by atoms with van der Waals surface area (Å²) in [4.78, 5) is 35.0. The van der Waals surface area contributed by atoms with Crippen LogP contribution in [-0.4, -0.2) is 65.4 Å². The van der Waals surface area contributed by atoms with Crippen molar-refractivity contribution >= 4 is 29.0 Å². The largest absolute Gasteiger partial charge is 0.460 e. The summed E-state index contributed by atoms with van der Waals surface area (Å²) in [6, 6.07) is 2.03. The van der Waals surface area contributed by atoms with Gasteiger partial charge in [-0.3, -0.25) is 14.5 Å². The first kappa shape index (κ1) is 19.4. The van der Waals surface area contributed by atoms with E-state index in [0.29, 0.717) is 12.0 Å². The van der Waals surface area contributed by atoms with Crippen LogP contribution in [-0.2, 0) is 9.53 Å². The van der Waals surface area contributed by atoms with E-state index in [-0.39, 0.29) is 5.97 Å². The van der Waals surface area contributed by atoms with Gasteiger partial charge in [0.05, 0.1) is 11.9 Å². The first-order valence-electron chi connectivity index (χ1n) is 9.47. The lowest BCUT2D eigenvalue weighted by molar-refractivity contribution is -0.155. The molecule has 1 N–H and O–H groups in total. The third kappa shape index (κ3) is 5.07. The summed E-state index contributed by atoms with van der Waals surface area (Å²) in [5, 5.41) is 0.863. The van der Waals surface area contributed by atoms with Crippen LogP contribution in [0.25, 0.3) is 11.0 Å². The van der Waals surface area contributed by atoms with E-state index in [2.05, 4.69) is 19.8 Å². The minimum Gasteiger partial charge on any atom is -0.460 e. The first-order valence-corrected chi connectivity index (χ1v) is 9.47. The highest BCUT2D eigenvalue weighted by molar-refractivity contribution is 5.96. The van der Waals surface area contributed by atoms with E-state index in [1.165, 1.54) is 0 Å². The molecule has 2 aromatic heterocycles. The van der Waals surface area contributed by atoms with Crippen molar-refractivity contribution in [3.05, 3.63) is 24.0 Å². The van der Waals surface area contributed by atoms with Gasteiger partial charge in [0.15, 0.2) is 6.29 Å². The molecule has 0 atom stereocenters. The van der Waals surface area contributed by atoms with Gasteiger partial charge in [0, 0.05) is 49.7 Å². The highest BCUT2D eigenvalue weighted by Crippen LogP contribution is 2.23. The van der Waals surface area contributed by atoms with Gasteiger partial charge in [-0.15, -0.1) is 0 Å². The molecule has 146 valence electrons. The topological polar surface area (TPSA) is 78.5 Å². The van der Waals surface area contributed by atoms with Gasteiger partial charge in [-0.1, -0.05) is 0 Å². The fourth-order valence-electron chi connectivity index (χ4n) is 3.35. The monoisotopic (exact) mass is 372 g/mol. The van der Waals surface area contributed by atoms with Crippen LogP contribution < -0.4 is 4.90 Å². The van der Waals surface area contributed by atoms with Gasteiger partial charge < -0.3 is 14.6 Å². The van der Waals surface area contributed by atoms with Gasteiger partial charge in [0.2, 0.25) is 0 Å². The molecule has 0 aliphatic carbocycles. The van der Waals surface area contributed by atoms with E-state index in [0.717, 1.165) is 62.2 Å². The number of hydrogen-bond donors (Lipinski definition) is 1. The van der Waals surface area contributed by atoms with Gasteiger partial charge in [0.1, 0.15) is 11.2 Å². The Bertz CT molecular complexity index is 801. The predicted molar refractivity (Wildman–Crippen MR) is 105 cm³/mol. The van der Waals surface area contributed by atoms with Crippen molar-refractivity contribution in [2.45, 2.75) is 39.2 Å². The van der Waals surface area contributed by atoms with Crippen LogP contribution in [0.5, 0.6) is 0 Å². The van der Waals surface area contributed by atoms with E-state index >= 15 is 0 Å². The molecule has 0 radical (unpaired) electrons. The van der Waals surface area contributed by atoms with E-state index in [1.54, 1.807) is 6.20 Å². The van der Waals surface area contributed by atoms with Crippen LogP contribution in [0.1, 0.15) is 44.0 Å². The molecule has 2 aromatic rings. The average Bonchev–Trinajstić information content (AvgIpc) is 3.03. The molecule has 0 saturated carbocycles. The Hall–Kier alpha value is -2.41.